The average Bonchev–Trinajstić information content (AvgIpc) is 2.22. The third-order valence-electron chi connectivity index (χ3n) is 1.96. The van der Waals surface area contributed by atoms with Crippen molar-refractivity contribution >= 4 is 21.7 Å². The number of nitrogens with two attached hydrogens (primary N) is 1. The van der Waals surface area contributed by atoms with Crippen molar-refractivity contribution in [2.45, 2.75) is 6.42 Å². The lowest BCUT2D eigenvalue weighted by atomic mass is 10.1. The molecule has 0 radical (unpaired) electrons. The van der Waals surface area contributed by atoms with E-state index in [-0.39, 0.29) is 30.2 Å². The summed E-state index contributed by atoms with van der Waals surface area (Å²) >= 11 is 3.14. The Bertz CT molecular complexity index is 379. The first kappa shape index (κ1) is 12.0. The van der Waals surface area contributed by atoms with Crippen molar-refractivity contribution in [1.82, 2.24) is 0 Å². The lowest BCUT2D eigenvalue weighted by molar-refractivity contribution is 0.0982. The van der Waals surface area contributed by atoms with Gasteiger partial charge in [0, 0.05) is 6.42 Å². The van der Waals surface area contributed by atoms with Gasteiger partial charge in [0.25, 0.3) is 0 Å². The Morgan fingerprint density at radius 1 is 1.60 bits per heavy atom. The highest BCUT2D eigenvalue weighted by Crippen LogP contribution is 2.37. The number of halogens is 1. The fourth-order valence-corrected chi connectivity index (χ4v) is 1.55. The summed E-state index contributed by atoms with van der Waals surface area (Å²) in [5, 5.41) is 9.64. The van der Waals surface area contributed by atoms with Crippen LogP contribution in [0.2, 0.25) is 0 Å². The Kier molecular flexibility index (Phi) is 4.11. The Morgan fingerprint density at radius 3 is 2.80 bits per heavy atom. The van der Waals surface area contributed by atoms with Crippen molar-refractivity contribution < 1.29 is 14.6 Å². The highest BCUT2D eigenvalue weighted by Gasteiger charge is 2.16. The second-order valence-electron chi connectivity index (χ2n) is 2.94. The molecule has 0 aliphatic rings. The van der Waals surface area contributed by atoms with Crippen molar-refractivity contribution in [2.75, 3.05) is 13.7 Å². The summed E-state index contributed by atoms with van der Waals surface area (Å²) < 4.78 is 5.47. The number of methoxy groups -OCH3 is 1. The van der Waals surface area contributed by atoms with Gasteiger partial charge in [0.15, 0.2) is 17.3 Å². The second kappa shape index (κ2) is 5.14. The minimum atomic E-state index is -0.142. The van der Waals surface area contributed by atoms with Gasteiger partial charge in [-0.15, -0.1) is 0 Å². The number of ketones is 1. The summed E-state index contributed by atoms with van der Waals surface area (Å²) in [6, 6.07) is 3.20. The van der Waals surface area contributed by atoms with Gasteiger partial charge in [-0.1, -0.05) is 0 Å². The zero-order valence-electron chi connectivity index (χ0n) is 8.29. The van der Waals surface area contributed by atoms with Crippen LogP contribution in [-0.4, -0.2) is 24.5 Å². The van der Waals surface area contributed by atoms with Crippen LogP contribution in [0.4, 0.5) is 0 Å². The summed E-state index contributed by atoms with van der Waals surface area (Å²) in [7, 11) is 1.40. The van der Waals surface area contributed by atoms with Gasteiger partial charge in [0.2, 0.25) is 0 Å². The molecule has 82 valence electrons. The number of phenols is 1. The number of Topliss-reactive ketones (excluding diaryl/α,β-unsaturated/α-hetero) is 1. The van der Waals surface area contributed by atoms with E-state index in [0.29, 0.717) is 10.0 Å². The summed E-state index contributed by atoms with van der Waals surface area (Å²) in [6.45, 7) is 0.277. The van der Waals surface area contributed by atoms with E-state index in [1.54, 1.807) is 12.1 Å². The van der Waals surface area contributed by atoms with Crippen LogP contribution in [0.3, 0.4) is 0 Å². The summed E-state index contributed by atoms with van der Waals surface area (Å²) in [4.78, 5) is 11.6. The standard InChI is InChI=1S/C10H12BrNO3/c1-15-10-6(8(13)4-5-12)2-3-7(11)9(10)14/h2-3,14H,4-5,12H2,1H3. The van der Waals surface area contributed by atoms with E-state index in [1.807, 2.05) is 0 Å². The number of carbonyl (C=O) groups is 1. The molecule has 15 heavy (non-hydrogen) atoms. The van der Waals surface area contributed by atoms with Crippen molar-refractivity contribution in [3.8, 4) is 11.5 Å². The molecular weight excluding hydrogens is 262 g/mol. The molecule has 3 N–H and O–H groups in total. The molecule has 0 bridgehead atoms. The maximum atomic E-state index is 11.6. The highest BCUT2D eigenvalue weighted by atomic mass is 79.9. The van der Waals surface area contributed by atoms with Crippen LogP contribution in [0, 0.1) is 0 Å². The molecule has 1 rings (SSSR count). The predicted molar refractivity (Wildman–Crippen MR) is 60.4 cm³/mol. The van der Waals surface area contributed by atoms with Crippen molar-refractivity contribution in [3.05, 3.63) is 22.2 Å². The van der Waals surface area contributed by atoms with E-state index in [9.17, 15) is 9.90 Å². The third-order valence-corrected chi connectivity index (χ3v) is 2.60. The minimum Gasteiger partial charge on any atom is -0.503 e. The van der Waals surface area contributed by atoms with Gasteiger partial charge in [-0.05, 0) is 34.6 Å². The maximum absolute atomic E-state index is 11.6. The van der Waals surface area contributed by atoms with Crippen LogP contribution in [0.5, 0.6) is 11.5 Å². The smallest absolute Gasteiger partial charge is 0.172 e. The molecular formula is C10H12BrNO3. The van der Waals surface area contributed by atoms with E-state index in [1.165, 1.54) is 7.11 Å². The van der Waals surface area contributed by atoms with Gasteiger partial charge >= 0.3 is 0 Å². The molecule has 0 saturated heterocycles. The zero-order chi connectivity index (χ0) is 11.4. The van der Waals surface area contributed by atoms with Crippen LogP contribution in [-0.2, 0) is 0 Å². The van der Waals surface area contributed by atoms with Crippen LogP contribution >= 0.6 is 15.9 Å². The van der Waals surface area contributed by atoms with Crippen LogP contribution in [0.15, 0.2) is 16.6 Å². The largest absolute Gasteiger partial charge is 0.503 e. The summed E-state index contributed by atoms with van der Waals surface area (Å²) in [5.74, 6) is -0.0275. The molecule has 0 aliphatic carbocycles. The number of hydrogen-bond donors (Lipinski definition) is 2. The number of rotatable bonds is 4. The van der Waals surface area contributed by atoms with Crippen molar-refractivity contribution in [3.63, 3.8) is 0 Å². The number of carbonyl (C=O) groups excluding carboxylic acids is 1. The molecule has 0 spiro atoms. The lowest BCUT2D eigenvalue weighted by Gasteiger charge is -2.10. The van der Waals surface area contributed by atoms with Crippen LogP contribution < -0.4 is 10.5 Å². The monoisotopic (exact) mass is 273 g/mol. The Labute approximate surface area is 96.2 Å². The fourth-order valence-electron chi connectivity index (χ4n) is 1.24. The fraction of sp³-hybridized carbons (Fsp3) is 0.300. The highest BCUT2D eigenvalue weighted by molar-refractivity contribution is 9.10. The van der Waals surface area contributed by atoms with E-state index in [4.69, 9.17) is 10.5 Å². The number of aromatic hydroxyl groups is 1. The first-order chi connectivity index (χ1) is 7.11. The second-order valence-corrected chi connectivity index (χ2v) is 3.79. The Balaban J connectivity index is 3.18. The molecule has 0 fully saturated rings. The van der Waals surface area contributed by atoms with E-state index < -0.39 is 0 Å². The number of hydrogen-bond acceptors (Lipinski definition) is 4. The Morgan fingerprint density at radius 2 is 2.27 bits per heavy atom. The number of phenolic OH excluding ortho intramolecular Hbond substituents is 1. The van der Waals surface area contributed by atoms with E-state index in [2.05, 4.69) is 15.9 Å². The predicted octanol–water partition coefficient (Wildman–Crippen LogP) is 1.69. The number of benzene rings is 1. The quantitative estimate of drug-likeness (QED) is 0.819. The molecule has 4 nitrogen and oxygen atoms in total. The van der Waals surface area contributed by atoms with Gasteiger partial charge < -0.3 is 15.6 Å². The molecule has 1 aromatic carbocycles. The molecule has 1 aromatic rings. The molecule has 0 aromatic heterocycles. The first-order valence-corrected chi connectivity index (χ1v) is 5.19. The molecule has 0 amide bonds. The van der Waals surface area contributed by atoms with Gasteiger partial charge in [0.1, 0.15) is 0 Å². The van der Waals surface area contributed by atoms with Crippen molar-refractivity contribution in [2.24, 2.45) is 5.73 Å². The average molecular weight is 274 g/mol. The van der Waals surface area contributed by atoms with Crippen LogP contribution in [0.1, 0.15) is 16.8 Å². The van der Waals surface area contributed by atoms with Gasteiger partial charge in [-0.3, -0.25) is 4.79 Å². The van der Waals surface area contributed by atoms with Crippen LogP contribution in [0.25, 0.3) is 0 Å². The zero-order valence-corrected chi connectivity index (χ0v) is 9.87. The maximum Gasteiger partial charge on any atom is 0.172 e. The topological polar surface area (TPSA) is 72.5 Å². The Hall–Kier alpha value is -1.07. The van der Waals surface area contributed by atoms with Gasteiger partial charge in [0.05, 0.1) is 17.1 Å². The van der Waals surface area contributed by atoms with Gasteiger partial charge in [-0.25, -0.2) is 0 Å². The van der Waals surface area contributed by atoms with Crippen molar-refractivity contribution in [1.29, 1.82) is 0 Å². The van der Waals surface area contributed by atoms with E-state index in [0.717, 1.165) is 0 Å². The molecule has 0 aliphatic heterocycles. The molecule has 5 heteroatoms. The first-order valence-electron chi connectivity index (χ1n) is 4.40. The SMILES string of the molecule is COc1c(C(=O)CCN)ccc(Br)c1O. The normalized spacial score (nSPS) is 10.1. The lowest BCUT2D eigenvalue weighted by Crippen LogP contribution is -2.09. The van der Waals surface area contributed by atoms with Gasteiger partial charge in [-0.2, -0.15) is 0 Å². The molecule has 0 saturated carbocycles. The van der Waals surface area contributed by atoms with E-state index >= 15 is 0 Å². The minimum absolute atomic E-state index is 0.0691. The summed E-state index contributed by atoms with van der Waals surface area (Å²) in [5.41, 5.74) is 5.64. The molecule has 0 atom stereocenters. The molecule has 0 heterocycles. The molecule has 0 unspecified atom stereocenters. The third kappa shape index (κ3) is 2.49. The number of ether oxygens (including phenoxy) is 1. The summed E-state index contributed by atoms with van der Waals surface area (Å²) in [6.07, 6.45) is 0.234.